The fraction of sp³-hybridized carbons (Fsp3) is 0.545. The highest BCUT2D eigenvalue weighted by molar-refractivity contribution is 9.10. The molecule has 18 heavy (non-hydrogen) atoms. The van der Waals surface area contributed by atoms with Crippen molar-refractivity contribution in [2.24, 2.45) is 5.92 Å². The van der Waals surface area contributed by atoms with E-state index in [9.17, 15) is 10.1 Å². The molecule has 0 bridgehead atoms. The van der Waals surface area contributed by atoms with E-state index in [1.165, 1.54) is 18.7 Å². The van der Waals surface area contributed by atoms with Gasteiger partial charge in [0.2, 0.25) is 0 Å². The third kappa shape index (κ3) is 3.39. The van der Waals surface area contributed by atoms with E-state index in [0.717, 1.165) is 26.1 Å². The molecule has 7 heteroatoms. The lowest BCUT2D eigenvalue weighted by atomic mass is 10.1. The number of nitrogens with zero attached hydrogens (tertiary/aromatic N) is 2. The molecular formula is C11H15BrN4O2. The van der Waals surface area contributed by atoms with Crippen LogP contribution in [0.2, 0.25) is 0 Å². The molecule has 0 radical (unpaired) electrons. The van der Waals surface area contributed by atoms with Crippen LogP contribution >= 0.6 is 15.9 Å². The molecule has 0 aliphatic carbocycles. The molecule has 0 saturated carbocycles. The molecule has 2 rings (SSSR count). The third-order valence-electron chi connectivity index (χ3n) is 3.04. The number of pyridine rings is 1. The minimum absolute atomic E-state index is 0.00702. The first kappa shape index (κ1) is 13.2. The Bertz CT molecular complexity index is 435. The highest BCUT2D eigenvalue weighted by atomic mass is 79.9. The summed E-state index contributed by atoms with van der Waals surface area (Å²) in [6.45, 7) is 3.01. The second-order valence-electron chi connectivity index (χ2n) is 4.36. The average Bonchev–Trinajstić information content (AvgIpc) is 2.84. The van der Waals surface area contributed by atoms with Gasteiger partial charge in [0.25, 0.3) is 5.69 Å². The lowest BCUT2D eigenvalue weighted by Crippen LogP contribution is -2.13. The van der Waals surface area contributed by atoms with Gasteiger partial charge in [-0.15, -0.1) is 0 Å². The summed E-state index contributed by atoms with van der Waals surface area (Å²) in [4.78, 5) is 14.2. The maximum absolute atomic E-state index is 10.6. The fourth-order valence-corrected chi connectivity index (χ4v) is 2.49. The second-order valence-corrected chi connectivity index (χ2v) is 5.21. The maximum Gasteiger partial charge on any atom is 0.288 e. The predicted octanol–water partition coefficient (Wildman–Crippen LogP) is 2.16. The molecule has 1 aromatic heterocycles. The Hall–Kier alpha value is -1.21. The molecule has 1 aromatic rings. The van der Waals surface area contributed by atoms with E-state index in [2.05, 4.69) is 31.5 Å². The third-order valence-corrected chi connectivity index (χ3v) is 3.65. The Morgan fingerprint density at radius 3 is 3.11 bits per heavy atom. The van der Waals surface area contributed by atoms with E-state index in [1.807, 2.05) is 0 Å². The zero-order valence-electron chi connectivity index (χ0n) is 9.86. The van der Waals surface area contributed by atoms with Gasteiger partial charge in [0.15, 0.2) is 0 Å². The van der Waals surface area contributed by atoms with Gasteiger partial charge in [-0.05, 0) is 47.8 Å². The van der Waals surface area contributed by atoms with Crippen LogP contribution < -0.4 is 10.6 Å². The van der Waals surface area contributed by atoms with Crippen LogP contribution in [-0.4, -0.2) is 29.5 Å². The van der Waals surface area contributed by atoms with Crippen LogP contribution in [0.1, 0.15) is 12.8 Å². The van der Waals surface area contributed by atoms with Crippen LogP contribution in [0.4, 0.5) is 11.5 Å². The molecule has 0 aromatic carbocycles. The monoisotopic (exact) mass is 314 g/mol. The van der Waals surface area contributed by atoms with Gasteiger partial charge < -0.3 is 10.6 Å². The van der Waals surface area contributed by atoms with E-state index >= 15 is 0 Å². The van der Waals surface area contributed by atoms with Gasteiger partial charge in [-0.25, -0.2) is 4.98 Å². The van der Waals surface area contributed by atoms with Gasteiger partial charge in [0.1, 0.15) is 12.0 Å². The molecule has 1 saturated heterocycles. The summed E-state index contributed by atoms with van der Waals surface area (Å²) in [6.07, 6.45) is 3.57. The second kappa shape index (κ2) is 6.10. The summed E-state index contributed by atoms with van der Waals surface area (Å²) in [6, 6.07) is 1.46. The van der Waals surface area contributed by atoms with Crippen LogP contribution in [0, 0.1) is 16.0 Å². The van der Waals surface area contributed by atoms with Gasteiger partial charge in [-0.3, -0.25) is 10.1 Å². The van der Waals surface area contributed by atoms with E-state index in [4.69, 9.17) is 0 Å². The molecular weight excluding hydrogens is 300 g/mol. The first-order chi connectivity index (χ1) is 8.66. The molecule has 1 aliphatic heterocycles. The standard InChI is InChI=1S/C11H15BrN4O2/c12-10-5-9(16(17)18)7-15-11(10)14-4-2-8-1-3-13-6-8/h5,7-8,13H,1-4,6H2,(H,14,15). The van der Waals surface area contributed by atoms with Crippen LogP contribution in [0.5, 0.6) is 0 Å². The number of anilines is 1. The van der Waals surface area contributed by atoms with Crippen LogP contribution in [0.25, 0.3) is 0 Å². The zero-order valence-corrected chi connectivity index (χ0v) is 11.4. The highest BCUT2D eigenvalue weighted by Crippen LogP contribution is 2.24. The quantitative estimate of drug-likeness (QED) is 0.643. The Morgan fingerprint density at radius 2 is 2.50 bits per heavy atom. The van der Waals surface area contributed by atoms with Crippen molar-refractivity contribution in [3.05, 3.63) is 26.9 Å². The molecule has 1 aliphatic rings. The normalized spacial score (nSPS) is 18.8. The topological polar surface area (TPSA) is 80.1 Å². The Kier molecular flexibility index (Phi) is 4.48. The minimum atomic E-state index is -0.453. The number of nitro groups is 1. The molecule has 0 amide bonds. The SMILES string of the molecule is O=[N+]([O-])c1cnc(NCCC2CCNC2)c(Br)c1. The molecule has 2 heterocycles. The fourth-order valence-electron chi connectivity index (χ4n) is 2.01. The molecule has 0 spiro atoms. The van der Waals surface area contributed by atoms with E-state index in [1.54, 1.807) is 0 Å². The maximum atomic E-state index is 10.6. The summed E-state index contributed by atoms with van der Waals surface area (Å²) >= 11 is 3.29. The first-order valence-corrected chi connectivity index (χ1v) is 6.70. The lowest BCUT2D eigenvalue weighted by molar-refractivity contribution is -0.385. The van der Waals surface area contributed by atoms with Crippen LogP contribution in [0.3, 0.4) is 0 Å². The van der Waals surface area contributed by atoms with Crippen LogP contribution in [0.15, 0.2) is 16.7 Å². The molecule has 98 valence electrons. The summed E-state index contributed by atoms with van der Waals surface area (Å²) < 4.78 is 0.626. The average molecular weight is 315 g/mol. The summed E-state index contributed by atoms with van der Waals surface area (Å²) in [7, 11) is 0. The van der Waals surface area contributed by atoms with Crippen molar-refractivity contribution in [1.82, 2.24) is 10.3 Å². The highest BCUT2D eigenvalue weighted by Gasteiger charge is 2.14. The number of hydrogen-bond acceptors (Lipinski definition) is 5. The Morgan fingerprint density at radius 1 is 1.67 bits per heavy atom. The van der Waals surface area contributed by atoms with Gasteiger partial charge in [0.05, 0.1) is 9.40 Å². The van der Waals surface area contributed by atoms with Crippen molar-refractivity contribution in [3.8, 4) is 0 Å². The lowest BCUT2D eigenvalue weighted by Gasteiger charge is -2.10. The van der Waals surface area contributed by atoms with Crippen molar-refractivity contribution < 1.29 is 4.92 Å². The van der Waals surface area contributed by atoms with Crippen molar-refractivity contribution in [2.75, 3.05) is 25.0 Å². The van der Waals surface area contributed by atoms with Crippen LogP contribution in [-0.2, 0) is 0 Å². The summed E-state index contributed by atoms with van der Waals surface area (Å²) in [5.41, 5.74) is -0.00702. The van der Waals surface area contributed by atoms with E-state index in [0.29, 0.717) is 16.2 Å². The molecule has 1 unspecified atom stereocenters. The zero-order chi connectivity index (χ0) is 13.0. The van der Waals surface area contributed by atoms with E-state index in [-0.39, 0.29) is 5.69 Å². The Labute approximate surface area is 113 Å². The minimum Gasteiger partial charge on any atom is -0.369 e. The number of aromatic nitrogens is 1. The molecule has 1 atom stereocenters. The summed E-state index contributed by atoms with van der Waals surface area (Å²) in [5, 5.41) is 17.1. The Balaban J connectivity index is 1.87. The number of rotatable bonds is 5. The van der Waals surface area contributed by atoms with Crippen molar-refractivity contribution in [2.45, 2.75) is 12.8 Å². The van der Waals surface area contributed by atoms with Gasteiger partial charge >= 0.3 is 0 Å². The largest absolute Gasteiger partial charge is 0.369 e. The predicted molar refractivity (Wildman–Crippen MR) is 72.7 cm³/mol. The van der Waals surface area contributed by atoms with E-state index < -0.39 is 4.92 Å². The number of hydrogen-bond donors (Lipinski definition) is 2. The number of halogens is 1. The number of nitrogens with one attached hydrogen (secondary N) is 2. The van der Waals surface area contributed by atoms with Crippen molar-refractivity contribution >= 4 is 27.4 Å². The van der Waals surface area contributed by atoms with Gasteiger partial charge in [0, 0.05) is 12.6 Å². The van der Waals surface area contributed by atoms with Gasteiger partial charge in [-0.2, -0.15) is 0 Å². The smallest absolute Gasteiger partial charge is 0.288 e. The van der Waals surface area contributed by atoms with Crippen molar-refractivity contribution in [1.29, 1.82) is 0 Å². The van der Waals surface area contributed by atoms with Crippen molar-refractivity contribution in [3.63, 3.8) is 0 Å². The first-order valence-electron chi connectivity index (χ1n) is 5.91. The molecule has 6 nitrogen and oxygen atoms in total. The van der Waals surface area contributed by atoms with Gasteiger partial charge in [-0.1, -0.05) is 0 Å². The summed E-state index contributed by atoms with van der Waals surface area (Å²) in [5.74, 6) is 1.38. The molecule has 2 N–H and O–H groups in total. The molecule has 1 fully saturated rings.